The SMILES string of the molecule is CCOC(=O)C1=C(C)NC2S/C(=C\c3ccc(-c4ccc([N+](=O)[O-])cc4C)o3)C(=O)N2C1c1ccc2c(c1)OCO2. The summed E-state index contributed by atoms with van der Waals surface area (Å²) in [5, 5.41) is 14.4. The van der Waals surface area contributed by atoms with Gasteiger partial charge in [-0.05, 0) is 62.2 Å². The summed E-state index contributed by atoms with van der Waals surface area (Å²) in [6, 6.07) is 12.7. The lowest BCUT2D eigenvalue weighted by Gasteiger charge is -2.39. The Kier molecular flexibility index (Phi) is 6.70. The van der Waals surface area contributed by atoms with Crippen LogP contribution in [0.5, 0.6) is 11.5 Å². The molecule has 11 nitrogen and oxygen atoms in total. The van der Waals surface area contributed by atoms with Crippen LogP contribution in [-0.4, -0.2) is 40.6 Å². The van der Waals surface area contributed by atoms with E-state index in [1.54, 1.807) is 62.1 Å². The standard InChI is InChI=1S/C29H25N3O8S/c1-4-37-28(34)25-16(3)30-29-31(26(25)17-5-9-22-23(12-17)39-14-38-22)27(33)24(41-29)13-19-7-10-21(40-19)20-8-6-18(32(35)36)11-15(20)2/h5-13,26,29-30H,4,14H2,1-3H3/b24-13-. The first-order chi connectivity index (χ1) is 19.7. The van der Waals surface area contributed by atoms with Gasteiger partial charge in [-0.3, -0.25) is 19.8 Å². The molecule has 0 bridgehead atoms. The zero-order chi connectivity index (χ0) is 28.8. The van der Waals surface area contributed by atoms with Crippen LogP contribution in [-0.2, 0) is 14.3 Å². The van der Waals surface area contributed by atoms with Crippen molar-refractivity contribution in [2.24, 2.45) is 0 Å². The molecule has 12 heteroatoms. The van der Waals surface area contributed by atoms with E-state index in [1.165, 1.54) is 23.9 Å². The highest BCUT2D eigenvalue weighted by molar-refractivity contribution is 8.05. The van der Waals surface area contributed by atoms with Crippen molar-refractivity contribution >= 4 is 35.4 Å². The molecule has 210 valence electrons. The molecule has 1 N–H and O–H groups in total. The summed E-state index contributed by atoms with van der Waals surface area (Å²) in [6.07, 6.45) is 1.66. The van der Waals surface area contributed by atoms with Gasteiger partial charge in [0.2, 0.25) is 6.79 Å². The first-order valence-corrected chi connectivity index (χ1v) is 13.7. The van der Waals surface area contributed by atoms with Gasteiger partial charge in [-0.15, -0.1) is 0 Å². The summed E-state index contributed by atoms with van der Waals surface area (Å²) in [5.41, 5.74) is 2.57. The normalized spacial score (nSPS) is 20.3. The lowest BCUT2D eigenvalue weighted by Crippen LogP contribution is -2.49. The lowest BCUT2D eigenvalue weighted by atomic mass is 9.93. The predicted molar refractivity (Wildman–Crippen MR) is 150 cm³/mol. The highest BCUT2D eigenvalue weighted by Crippen LogP contribution is 2.48. The number of hydrogen-bond donors (Lipinski definition) is 1. The highest BCUT2D eigenvalue weighted by Gasteiger charge is 2.48. The number of nitrogens with one attached hydrogen (secondary N) is 1. The second-order valence-electron chi connectivity index (χ2n) is 9.57. The molecule has 1 aromatic heterocycles. The Morgan fingerprint density at radius 2 is 1.98 bits per heavy atom. The zero-order valence-electron chi connectivity index (χ0n) is 22.3. The molecular weight excluding hydrogens is 550 g/mol. The van der Waals surface area contributed by atoms with Crippen LogP contribution in [0.2, 0.25) is 0 Å². The molecule has 2 unspecified atom stereocenters. The number of nitro benzene ring substituents is 1. The monoisotopic (exact) mass is 575 g/mol. The molecule has 4 heterocycles. The van der Waals surface area contributed by atoms with Crippen LogP contribution < -0.4 is 14.8 Å². The Bertz CT molecular complexity index is 1660. The number of esters is 1. The van der Waals surface area contributed by atoms with E-state index in [0.717, 1.165) is 0 Å². The Morgan fingerprint density at radius 1 is 1.17 bits per heavy atom. The van der Waals surface area contributed by atoms with E-state index < -0.39 is 22.4 Å². The zero-order valence-corrected chi connectivity index (χ0v) is 23.2. The van der Waals surface area contributed by atoms with E-state index in [0.29, 0.717) is 55.9 Å². The maximum atomic E-state index is 13.9. The van der Waals surface area contributed by atoms with Crippen LogP contribution >= 0.6 is 11.8 Å². The average Bonchev–Trinajstić information content (AvgIpc) is 3.67. The van der Waals surface area contributed by atoms with Gasteiger partial charge >= 0.3 is 5.97 Å². The van der Waals surface area contributed by atoms with E-state index in [4.69, 9.17) is 18.6 Å². The Morgan fingerprint density at radius 3 is 2.73 bits per heavy atom. The van der Waals surface area contributed by atoms with Crippen molar-refractivity contribution in [2.45, 2.75) is 32.3 Å². The van der Waals surface area contributed by atoms with Crippen LogP contribution in [0.4, 0.5) is 5.69 Å². The Labute approximate surface area is 238 Å². The molecule has 0 aliphatic carbocycles. The number of benzene rings is 2. The van der Waals surface area contributed by atoms with E-state index in [-0.39, 0.29) is 25.0 Å². The molecule has 1 saturated heterocycles. The highest BCUT2D eigenvalue weighted by atomic mass is 32.2. The molecule has 1 fully saturated rings. The number of non-ortho nitro benzene ring substituents is 1. The third-order valence-electron chi connectivity index (χ3n) is 7.03. The van der Waals surface area contributed by atoms with E-state index in [2.05, 4.69) is 5.32 Å². The molecule has 3 aromatic rings. The van der Waals surface area contributed by atoms with Crippen molar-refractivity contribution < 1.29 is 33.1 Å². The minimum atomic E-state index is -0.726. The number of nitro groups is 1. The summed E-state index contributed by atoms with van der Waals surface area (Å²) >= 11 is 1.31. The molecule has 1 amide bonds. The van der Waals surface area contributed by atoms with Crippen LogP contribution in [0.3, 0.4) is 0 Å². The second-order valence-corrected chi connectivity index (χ2v) is 10.7. The smallest absolute Gasteiger partial charge is 0.338 e. The molecule has 41 heavy (non-hydrogen) atoms. The number of fused-ring (bicyclic) bond motifs is 2. The summed E-state index contributed by atoms with van der Waals surface area (Å²) in [5.74, 6) is 1.31. The summed E-state index contributed by atoms with van der Waals surface area (Å²) in [7, 11) is 0. The maximum absolute atomic E-state index is 13.9. The molecule has 2 aromatic carbocycles. The largest absolute Gasteiger partial charge is 0.463 e. The molecule has 3 aliphatic heterocycles. The van der Waals surface area contributed by atoms with Crippen molar-refractivity contribution in [3.8, 4) is 22.8 Å². The van der Waals surface area contributed by atoms with Crippen LogP contribution in [0.25, 0.3) is 17.4 Å². The van der Waals surface area contributed by atoms with Crippen molar-refractivity contribution in [2.75, 3.05) is 13.4 Å². The molecule has 2 atom stereocenters. The van der Waals surface area contributed by atoms with Gasteiger partial charge < -0.3 is 23.9 Å². The second kappa shape index (κ2) is 10.4. The Balaban J connectivity index is 1.34. The number of hydrogen-bond acceptors (Lipinski definition) is 10. The average molecular weight is 576 g/mol. The van der Waals surface area contributed by atoms with E-state index in [9.17, 15) is 19.7 Å². The van der Waals surface area contributed by atoms with Crippen molar-refractivity contribution in [3.63, 3.8) is 0 Å². The lowest BCUT2D eigenvalue weighted by molar-refractivity contribution is -0.384. The number of furan rings is 1. The number of thioether (sulfide) groups is 1. The number of ether oxygens (including phenoxy) is 3. The van der Waals surface area contributed by atoms with Crippen LogP contribution in [0, 0.1) is 17.0 Å². The first kappa shape index (κ1) is 26.5. The predicted octanol–water partition coefficient (Wildman–Crippen LogP) is 5.27. The molecule has 0 saturated carbocycles. The van der Waals surface area contributed by atoms with Crippen LogP contribution in [0.15, 0.2) is 69.1 Å². The van der Waals surface area contributed by atoms with Gasteiger partial charge in [-0.25, -0.2) is 4.79 Å². The minimum Gasteiger partial charge on any atom is -0.463 e. The third kappa shape index (κ3) is 4.69. The van der Waals surface area contributed by atoms with E-state index in [1.807, 2.05) is 6.07 Å². The van der Waals surface area contributed by atoms with Crippen molar-refractivity contribution in [3.05, 3.63) is 91.7 Å². The third-order valence-corrected chi connectivity index (χ3v) is 8.14. The first-order valence-electron chi connectivity index (χ1n) is 12.9. The Hall–Kier alpha value is -4.71. The number of rotatable bonds is 6. The molecule has 3 aliphatic rings. The van der Waals surface area contributed by atoms with Gasteiger partial charge in [0.15, 0.2) is 17.0 Å². The van der Waals surface area contributed by atoms with Gasteiger partial charge in [0.25, 0.3) is 11.6 Å². The van der Waals surface area contributed by atoms with Gasteiger partial charge in [-0.2, -0.15) is 0 Å². The molecule has 6 rings (SSSR count). The minimum absolute atomic E-state index is 0.000333. The number of carbonyl (C=O) groups is 2. The number of amides is 1. The molecule has 0 spiro atoms. The van der Waals surface area contributed by atoms with Crippen molar-refractivity contribution in [1.82, 2.24) is 10.2 Å². The van der Waals surface area contributed by atoms with E-state index >= 15 is 0 Å². The van der Waals surface area contributed by atoms with Crippen LogP contribution in [0.1, 0.15) is 36.8 Å². The fraction of sp³-hybridized carbons (Fsp3) is 0.241. The summed E-state index contributed by atoms with van der Waals surface area (Å²) in [6.45, 7) is 5.59. The quantitative estimate of drug-likeness (QED) is 0.179. The summed E-state index contributed by atoms with van der Waals surface area (Å²) in [4.78, 5) is 39.7. The number of nitrogens with zero attached hydrogens (tertiary/aromatic N) is 2. The van der Waals surface area contributed by atoms with Gasteiger partial charge in [0.05, 0.1) is 28.1 Å². The van der Waals surface area contributed by atoms with Crippen molar-refractivity contribution in [1.29, 1.82) is 0 Å². The fourth-order valence-electron chi connectivity index (χ4n) is 5.14. The fourth-order valence-corrected chi connectivity index (χ4v) is 6.34. The molecular formula is C29H25N3O8S. The number of carbonyl (C=O) groups excluding carboxylic acids is 2. The number of allylic oxidation sites excluding steroid dienone is 1. The van der Waals surface area contributed by atoms with Gasteiger partial charge in [-0.1, -0.05) is 17.8 Å². The van der Waals surface area contributed by atoms with Gasteiger partial charge in [0.1, 0.15) is 11.5 Å². The number of aryl methyl sites for hydroxylation is 1. The maximum Gasteiger partial charge on any atom is 0.338 e. The topological polar surface area (TPSA) is 133 Å². The summed E-state index contributed by atoms with van der Waals surface area (Å²) < 4.78 is 22.4. The van der Waals surface area contributed by atoms with Gasteiger partial charge in [0, 0.05) is 29.5 Å². The molecule has 0 radical (unpaired) electrons.